The molecule has 1 aromatic carbocycles. The van der Waals surface area contributed by atoms with Gasteiger partial charge in [0.05, 0.1) is 25.7 Å². The van der Waals surface area contributed by atoms with Crippen LogP contribution >= 0.6 is 0 Å². The highest BCUT2D eigenvalue weighted by Crippen LogP contribution is 2.45. The van der Waals surface area contributed by atoms with Gasteiger partial charge in [-0.25, -0.2) is 4.39 Å². The second kappa shape index (κ2) is 19.8. The maximum atomic E-state index is 13.7. The summed E-state index contributed by atoms with van der Waals surface area (Å²) < 4.78 is 24.6. The average Bonchev–Trinajstić information content (AvgIpc) is 3.67. The van der Waals surface area contributed by atoms with Gasteiger partial charge in [-0.2, -0.15) is 0 Å². The Bertz CT molecular complexity index is 936. The molecule has 0 bridgehead atoms. The van der Waals surface area contributed by atoms with Gasteiger partial charge in [-0.15, -0.1) is 0 Å². The molecule has 7 heteroatoms. The number of benzene rings is 1. The third-order valence-electron chi connectivity index (χ3n) is 8.65. The summed E-state index contributed by atoms with van der Waals surface area (Å²) in [5.41, 5.74) is 0.842. The first-order valence-electron chi connectivity index (χ1n) is 16.4. The van der Waals surface area contributed by atoms with Crippen LogP contribution in [0.1, 0.15) is 123 Å². The monoisotopic (exact) mass is 589 g/mol. The van der Waals surface area contributed by atoms with Crippen LogP contribution in [0.3, 0.4) is 0 Å². The molecule has 238 valence electrons. The molecular formula is C35H56FNO5. The summed E-state index contributed by atoms with van der Waals surface area (Å²) in [5, 5.41) is 11.0. The zero-order valence-corrected chi connectivity index (χ0v) is 26.7. The fourth-order valence-electron chi connectivity index (χ4n) is 6.13. The Kier molecular flexibility index (Phi) is 17.0. The van der Waals surface area contributed by atoms with E-state index in [1.54, 1.807) is 12.1 Å². The van der Waals surface area contributed by atoms with Gasteiger partial charge in [0.1, 0.15) is 11.9 Å². The van der Waals surface area contributed by atoms with Gasteiger partial charge in [0, 0.05) is 18.0 Å². The van der Waals surface area contributed by atoms with E-state index in [0.717, 1.165) is 44.1 Å². The van der Waals surface area contributed by atoms with Crippen LogP contribution in [0, 0.1) is 11.7 Å². The number of hydrogen-bond donors (Lipinski definition) is 1. The summed E-state index contributed by atoms with van der Waals surface area (Å²) in [6, 6.07) is 6.24. The highest BCUT2D eigenvalue weighted by molar-refractivity contribution is 5.74. The third-order valence-corrected chi connectivity index (χ3v) is 8.65. The van der Waals surface area contributed by atoms with Gasteiger partial charge in [0.15, 0.2) is 0 Å². The van der Waals surface area contributed by atoms with Gasteiger partial charge in [0.2, 0.25) is 0 Å². The first-order chi connectivity index (χ1) is 20.3. The van der Waals surface area contributed by atoms with E-state index in [-0.39, 0.29) is 42.3 Å². The average molecular weight is 590 g/mol. The highest BCUT2D eigenvalue weighted by atomic mass is 19.1. The number of nitrogens with zero attached hydrogens (tertiary/aromatic N) is 1. The van der Waals surface area contributed by atoms with Crippen LogP contribution in [-0.4, -0.2) is 59.9 Å². The topological polar surface area (TPSA) is 75.8 Å². The number of esters is 2. The number of aliphatic hydroxyl groups is 1. The predicted octanol–water partition coefficient (Wildman–Crippen LogP) is 7.73. The van der Waals surface area contributed by atoms with Crippen LogP contribution in [0.25, 0.3) is 0 Å². The minimum atomic E-state index is -0.745. The van der Waals surface area contributed by atoms with Crippen LogP contribution in [0.5, 0.6) is 0 Å². The zero-order chi connectivity index (χ0) is 30.9. The van der Waals surface area contributed by atoms with Crippen molar-refractivity contribution in [1.29, 1.82) is 0 Å². The standard InChI is InChI=1S/C35H56FNO5/c1-6-9-11-12-13-14-15-16-18-19-30(38)31(20-17-10-7-2)42-32(39)25-37-29(8-3)34(37)33(26(4)35(40)41-5)27-21-23-28(36)24-22-27/h16,18,21-24,26,29-31,33-34,38H,6-15,17,19-20,25H2,1-5H3/b18-16-/t26?,29-,30?,31?,33-,34?,37+/m1/s1. The van der Waals surface area contributed by atoms with E-state index in [1.165, 1.54) is 51.3 Å². The van der Waals surface area contributed by atoms with E-state index in [2.05, 4.69) is 31.7 Å². The lowest BCUT2D eigenvalue weighted by Crippen LogP contribution is -2.34. The number of allylic oxidation sites excluding steroid dienone is 1. The zero-order valence-electron chi connectivity index (χ0n) is 26.7. The van der Waals surface area contributed by atoms with Crippen molar-refractivity contribution in [3.05, 3.63) is 47.8 Å². The lowest BCUT2D eigenvalue weighted by Gasteiger charge is -2.24. The van der Waals surface area contributed by atoms with Crippen molar-refractivity contribution >= 4 is 11.9 Å². The summed E-state index contributed by atoms with van der Waals surface area (Å²) in [6.07, 6.45) is 16.3. The van der Waals surface area contributed by atoms with Crippen molar-refractivity contribution in [2.75, 3.05) is 13.7 Å². The predicted molar refractivity (Wildman–Crippen MR) is 167 cm³/mol. The van der Waals surface area contributed by atoms with Crippen LogP contribution in [0.2, 0.25) is 0 Å². The summed E-state index contributed by atoms with van der Waals surface area (Å²) in [7, 11) is 1.37. The van der Waals surface area contributed by atoms with E-state index in [9.17, 15) is 19.1 Å². The molecule has 1 N–H and O–H groups in total. The highest BCUT2D eigenvalue weighted by Gasteiger charge is 2.54. The Morgan fingerprint density at radius 1 is 0.976 bits per heavy atom. The van der Waals surface area contributed by atoms with Gasteiger partial charge < -0.3 is 14.6 Å². The van der Waals surface area contributed by atoms with E-state index in [0.29, 0.717) is 12.8 Å². The number of ether oxygens (including phenoxy) is 2. The molecule has 0 radical (unpaired) electrons. The second-order valence-electron chi connectivity index (χ2n) is 11.9. The van der Waals surface area contributed by atoms with Gasteiger partial charge >= 0.3 is 11.9 Å². The maximum Gasteiger partial charge on any atom is 0.320 e. The molecular weight excluding hydrogens is 533 g/mol. The molecule has 0 amide bonds. The number of carbonyl (C=O) groups excluding carboxylic acids is 2. The first-order valence-corrected chi connectivity index (χ1v) is 16.4. The molecule has 7 atom stereocenters. The number of aliphatic hydroxyl groups excluding tert-OH is 1. The minimum Gasteiger partial charge on any atom is -0.469 e. The lowest BCUT2D eigenvalue weighted by molar-refractivity contribution is -0.155. The van der Waals surface area contributed by atoms with Gasteiger partial charge in [-0.05, 0) is 56.2 Å². The molecule has 1 heterocycles. The first kappa shape index (κ1) is 35.9. The minimum absolute atomic E-state index is 0.0736. The molecule has 42 heavy (non-hydrogen) atoms. The van der Waals surface area contributed by atoms with Crippen molar-refractivity contribution in [1.82, 2.24) is 4.90 Å². The van der Waals surface area contributed by atoms with E-state index >= 15 is 0 Å². The van der Waals surface area contributed by atoms with Crippen LogP contribution < -0.4 is 0 Å². The molecule has 0 spiro atoms. The largest absolute Gasteiger partial charge is 0.469 e. The SMILES string of the molecule is CCCCCCCC/C=C\CC(O)C(CCCCC)OC(=O)C[N@]1C([C@@H](c2ccc(F)cc2)C(C)C(=O)OC)[C@H]1CC. The molecule has 6 nitrogen and oxygen atoms in total. The molecule has 0 aromatic heterocycles. The van der Waals surface area contributed by atoms with E-state index < -0.39 is 18.1 Å². The van der Waals surface area contributed by atoms with Gasteiger partial charge in [0.25, 0.3) is 0 Å². The Morgan fingerprint density at radius 2 is 1.62 bits per heavy atom. The normalized spacial score (nSPS) is 21.1. The molecule has 1 aromatic rings. The van der Waals surface area contributed by atoms with Crippen molar-refractivity contribution in [3.8, 4) is 0 Å². The molecule has 4 unspecified atom stereocenters. The fourth-order valence-corrected chi connectivity index (χ4v) is 6.13. The van der Waals surface area contributed by atoms with Gasteiger partial charge in [-0.1, -0.05) is 96.9 Å². The molecule has 1 fully saturated rings. The lowest BCUT2D eigenvalue weighted by atomic mass is 9.83. The summed E-state index contributed by atoms with van der Waals surface area (Å²) in [5.74, 6) is -1.75. The molecule has 2 rings (SSSR count). The number of halogens is 1. The molecule has 1 saturated heterocycles. The van der Waals surface area contributed by atoms with E-state index in [1.807, 2.05) is 13.0 Å². The number of hydrogen-bond acceptors (Lipinski definition) is 6. The Hall–Kier alpha value is -2.25. The molecule has 0 aliphatic carbocycles. The summed E-state index contributed by atoms with van der Waals surface area (Å²) in [4.78, 5) is 27.8. The van der Waals surface area contributed by atoms with Crippen molar-refractivity contribution in [2.45, 2.75) is 141 Å². The smallest absolute Gasteiger partial charge is 0.320 e. The Morgan fingerprint density at radius 3 is 2.26 bits per heavy atom. The summed E-state index contributed by atoms with van der Waals surface area (Å²) >= 11 is 0. The number of unbranched alkanes of at least 4 members (excludes halogenated alkanes) is 8. The molecule has 0 saturated carbocycles. The second-order valence-corrected chi connectivity index (χ2v) is 11.9. The quantitative estimate of drug-likeness (QED) is 0.0646. The third kappa shape index (κ3) is 11.8. The maximum absolute atomic E-state index is 13.7. The number of methoxy groups -OCH3 is 1. The van der Waals surface area contributed by atoms with Crippen LogP contribution in [0.4, 0.5) is 4.39 Å². The Balaban J connectivity index is 2.00. The fraction of sp³-hybridized carbons (Fsp3) is 0.714. The molecule has 1 aliphatic heterocycles. The van der Waals surface area contributed by atoms with Crippen molar-refractivity contribution in [3.63, 3.8) is 0 Å². The molecule has 1 aliphatic rings. The van der Waals surface area contributed by atoms with Crippen molar-refractivity contribution < 1.29 is 28.6 Å². The van der Waals surface area contributed by atoms with Crippen LogP contribution in [-0.2, 0) is 19.1 Å². The Labute approximate surface area is 254 Å². The van der Waals surface area contributed by atoms with Gasteiger partial charge in [-0.3, -0.25) is 14.5 Å². The number of rotatable bonds is 22. The van der Waals surface area contributed by atoms with Crippen molar-refractivity contribution in [2.24, 2.45) is 5.92 Å². The van der Waals surface area contributed by atoms with Crippen LogP contribution in [0.15, 0.2) is 36.4 Å². The summed E-state index contributed by atoms with van der Waals surface area (Å²) in [6.45, 7) is 8.31. The van der Waals surface area contributed by atoms with E-state index in [4.69, 9.17) is 9.47 Å². The number of carbonyl (C=O) groups is 2.